The van der Waals surface area contributed by atoms with Gasteiger partial charge in [0.15, 0.2) is 0 Å². The molecule has 0 aliphatic heterocycles. The Labute approximate surface area is 145 Å². The molecule has 0 unspecified atom stereocenters. The van der Waals surface area contributed by atoms with Crippen molar-refractivity contribution in [1.82, 2.24) is 0 Å². The summed E-state index contributed by atoms with van der Waals surface area (Å²) in [5.41, 5.74) is -1.87. The standard InChI is InChI=1S/C14H10ClF3N2O4S/c1-8-2-4-10(20(21)22)7-13(8)25(23,24)19-12-6-9(14(16,17)18)3-5-11(12)15/h2-7,19H,1H3. The van der Waals surface area contributed by atoms with Crippen LogP contribution < -0.4 is 4.72 Å². The number of sulfonamides is 1. The fourth-order valence-electron chi connectivity index (χ4n) is 1.97. The van der Waals surface area contributed by atoms with Crippen LogP contribution in [0.5, 0.6) is 0 Å². The van der Waals surface area contributed by atoms with Crippen LogP contribution in [0.1, 0.15) is 11.1 Å². The SMILES string of the molecule is Cc1ccc([N+](=O)[O-])cc1S(=O)(=O)Nc1cc(C(F)(F)F)ccc1Cl. The Morgan fingerprint density at radius 2 is 1.80 bits per heavy atom. The molecule has 134 valence electrons. The third-order valence-electron chi connectivity index (χ3n) is 3.21. The lowest BCUT2D eigenvalue weighted by atomic mass is 10.2. The molecule has 0 radical (unpaired) electrons. The van der Waals surface area contributed by atoms with Crippen molar-refractivity contribution >= 4 is 33.0 Å². The van der Waals surface area contributed by atoms with Crippen molar-refractivity contribution in [3.8, 4) is 0 Å². The van der Waals surface area contributed by atoms with Gasteiger partial charge in [-0.3, -0.25) is 14.8 Å². The molecule has 2 aromatic rings. The van der Waals surface area contributed by atoms with E-state index < -0.39 is 43.0 Å². The van der Waals surface area contributed by atoms with Crippen LogP contribution in [0.15, 0.2) is 41.3 Å². The number of nitrogens with one attached hydrogen (secondary N) is 1. The van der Waals surface area contributed by atoms with Gasteiger partial charge in [0, 0.05) is 12.1 Å². The van der Waals surface area contributed by atoms with E-state index in [2.05, 4.69) is 0 Å². The van der Waals surface area contributed by atoms with Crippen LogP contribution in [0, 0.1) is 17.0 Å². The first-order valence-corrected chi connectivity index (χ1v) is 8.42. The molecule has 0 heterocycles. The highest BCUT2D eigenvalue weighted by Crippen LogP contribution is 2.35. The van der Waals surface area contributed by atoms with Gasteiger partial charge >= 0.3 is 6.18 Å². The topological polar surface area (TPSA) is 89.3 Å². The average molecular weight is 395 g/mol. The van der Waals surface area contributed by atoms with Crippen LogP contribution in [0.2, 0.25) is 5.02 Å². The molecule has 0 aromatic heterocycles. The summed E-state index contributed by atoms with van der Waals surface area (Å²) in [7, 11) is -4.39. The van der Waals surface area contributed by atoms with Gasteiger partial charge in [-0.05, 0) is 30.7 Å². The van der Waals surface area contributed by atoms with Gasteiger partial charge in [-0.25, -0.2) is 8.42 Å². The van der Waals surface area contributed by atoms with E-state index in [-0.39, 0.29) is 10.6 Å². The van der Waals surface area contributed by atoms with Crippen molar-refractivity contribution in [3.05, 3.63) is 62.7 Å². The summed E-state index contributed by atoms with van der Waals surface area (Å²) >= 11 is 5.76. The summed E-state index contributed by atoms with van der Waals surface area (Å²) in [6.07, 6.45) is -4.69. The monoisotopic (exact) mass is 394 g/mol. The zero-order chi connectivity index (χ0) is 19.0. The van der Waals surface area contributed by atoms with E-state index in [4.69, 9.17) is 11.6 Å². The second-order valence-corrected chi connectivity index (χ2v) is 7.06. The van der Waals surface area contributed by atoms with E-state index in [0.717, 1.165) is 18.2 Å². The number of nitrogens with zero attached hydrogens (tertiary/aromatic N) is 1. The molecule has 0 saturated carbocycles. The fourth-order valence-corrected chi connectivity index (χ4v) is 3.53. The molecule has 11 heteroatoms. The third-order valence-corrected chi connectivity index (χ3v) is 5.05. The van der Waals surface area contributed by atoms with Crippen LogP contribution in [0.3, 0.4) is 0 Å². The average Bonchev–Trinajstić information content (AvgIpc) is 2.48. The summed E-state index contributed by atoms with van der Waals surface area (Å²) in [5, 5.41) is 10.6. The summed E-state index contributed by atoms with van der Waals surface area (Å²) in [5.74, 6) is 0. The number of nitro benzene ring substituents is 1. The minimum atomic E-state index is -4.69. The van der Waals surface area contributed by atoms with Crippen molar-refractivity contribution in [3.63, 3.8) is 0 Å². The number of hydrogen-bond acceptors (Lipinski definition) is 4. The molecule has 0 aliphatic carbocycles. The molecule has 0 fully saturated rings. The molecule has 1 N–H and O–H groups in total. The van der Waals surface area contributed by atoms with Crippen molar-refractivity contribution in [1.29, 1.82) is 0 Å². The first-order chi connectivity index (χ1) is 11.4. The molecular weight excluding hydrogens is 385 g/mol. The third kappa shape index (κ3) is 4.20. The van der Waals surface area contributed by atoms with Gasteiger partial charge in [0.05, 0.1) is 26.1 Å². The molecule has 0 atom stereocenters. The van der Waals surface area contributed by atoms with Gasteiger partial charge < -0.3 is 0 Å². The zero-order valence-electron chi connectivity index (χ0n) is 12.5. The Bertz CT molecular complexity index is 946. The molecule has 25 heavy (non-hydrogen) atoms. The molecule has 6 nitrogen and oxygen atoms in total. The molecule has 2 rings (SSSR count). The lowest BCUT2D eigenvalue weighted by Gasteiger charge is -2.14. The first-order valence-electron chi connectivity index (χ1n) is 6.56. The molecule has 0 aliphatic rings. The van der Waals surface area contributed by atoms with Gasteiger partial charge in [-0.1, -0.05) is 17.7 Å². The summed E-state index contributed by atoms with van der Waals surface area (Å²) < 4.78 is 65.1. The summed E-state index contributed by atoms with van der Waals surface area (Å²) in [6.45, 7) is 1.39. The number of benzene rings is 2. The smallest absolute Gasteiger partial charge is 0.278 e. The Morgan fingerprint density at radius 3 is 2.36 bits per heavy atom. The zero-order valence-corrected chi connectivity index (χ0v) is 14.0. The number of anilines is 1. The van der Waals surface area contributed by atoms with Gasteiger partial charge in [0.25, 0.3) is 15.7 Å². The maximum atomic E-state index is 12.8. The number of aryl methyl sites for hydroxylation is 1. The number of alkyl halides is 3. The number of non-ortho nitro benzene ring substituents is 1. The quantitative estimate of drug-likeness (QED) is 0.615. The van der Waals surface area contributed by atoms with E-state index >= 15 is 0 Å². The maximum absolute atomic E-state index is 12.8. The summed E-state index contributed by atoms with van der Waals surface area (Å²) in [6, 6.07) is 5.32. The number of halogens is 4. The van der Waals surface area contributed by atoms with Gasteiger partial charge in [0.2, 0.25) is 0 Å². The minimum absolute atomic E-state index is 0.182. The highest BCUT2D eigenvalue weighted by atomic mass is 35.5. The predicted octanol–water partition coefficient (Wildman–Crippen LogP) is 4.38. The van der Waals surface area contributed by atoms with Crippen molar-refractivity contribution < 1.29 is 26.5 Å². The van der Waals surface area contributed by atoms with Gasteiger partial charge in [-0.15, -0.1) is 0 Å². The van der Waals surface area contributed by atoms with Crippen molar-refractivity contribution in [2.24, 2.45) is 0 Å². The van der Waals surface area contributed by atoms with Crippen molar-refractivity contribution in [2.75, 3.05) is 4.72 Å². The Morgan fingerprint density at radius 1 is 1.16 bits per heavy atom. The minimum Gasteiger partial charge on any atom is -0.278 e. The molecular formula is C14H10ClF3N2O4S. The fraction of sp³-hybridized carbons (Fsp3) is 0.143. The Balaban J connectivity index is 2.50. The second kappa shape index (κ2) is 6.52. The van der Waals surface area contributed by atoms with Crippen LogP contribution >= 0.6 is 11.6 Å². The largest absolute Gasteiger partial charge is 0.416 e. The molecule has 0 bridgehead atoms. The lowest BCUT2D eigenvalue weighted by molar-refractivity contribution is -0.385. The molecule has 2 aromatic carbocycles. The van der Waals surface area contributed by atoms with E-state index in [1.54, 1.807) is 0 Å². The molecule has 0 spiro atoms. The Hall–Kier alpha value is -2.33. The molecule has 0 saturated heterocycles. The number of rotatable bonds is 4. The van der Waals surface area contributed by atoms with E-state index in [1.807, 2.05) is 4.72 Å². The highest BCUT2D eigenvalue weighted by Gasteiger charge is 2.31. The van der Waals surface area contributed by atoms with Crippen LogP contribution in [0.25, 0.3) is 0 Å². The lowest BCUT2D eigenvalue weighted by Crippen LogP contribution is -2.16. The Kier molecular flexibility index (Phi) is 4.96. The summed E-state index contributed by atoms with van der Waals surface area (Å²) in [4.78, 5) is 9.59. The van der Waals surface area contributed by atoms with Crippen LogP contribution in [-0.2, 0) is 16.2 Å². The van der Waals surface area contributed by atoms with Crippen LogP contribution in [-0.4, -0.2) is 13.3 Å². The number of hydrogen-bond donors (Lipinski definition) is 1. The first kappa shape index (κ1) is 19.0. The maximum Gasteiger partial charge on any atom is 0.416 e. The van der Waals surface area contributed by atoms with E-state index in [1.165, 1.54) is 13.0 Å². The highest BCUT2D eigenvalue weighted by molar-refractivity contribution is 7.92. The number of nitro groups is 1. The molecule has 0 amide bonds. The van der Waals surface area contributed by atoms with E-state index in [0.29, 0.717) is 12.1 Å². The van der Waals surface area contributed by atoms with Crippen LogP contribution in [0.4, 0.5) is 24.5 Å². The van der Waals surface area contributed by atoms with E-state index in [9.17, 15) is 31.7 Å². The van der Waals surface area contributed by atoms with Gasteiger partial charge in [0.1, 0.15) is 0 Å². The second-order valence-electron chi connectivity index (χ2n) is 5.00. The predicted molar refractivity (Wildman–Crippen MR) is 85.1 cm³/mol. The normalized spacial score (nSPS) is 12.0. The van der Waals surface area contributed by atoms with Crippen molar-refractivity contribution in [2.45, 2.75) is 18.0 Å². The van der Waals surface area contributed by atoms with Gasteiger partial charge in [-0.2, -0.15) is 13.2 Å².